The number of hydrogen-bond donors (Lipinski definition) is 2. The maximum absolute atomic E-state index is 11.2. The number of hydrogen-bond acceptors (Lipinski definition) is 4. The lowest BCUT2D eigenvalue weighted by Crippen LogP contribution is -2.30. The first kappa shape index (κ1) is 7.79. The summed E-state index contributed by atoms with van der Waals surface area (Å²) in [6, 6.07) is 7.24. The number of benzene rings is 1. The number of nitrogens with one attached hydrogen (secondary N) is 1. The normalized spacial score (nSPS) is 18.2. The topological polar surface area (TPSA) is 61.7 Å². The largest absolute Gasteiger partial charge is 0.410 e. The first-order chi connectivity index (χ1) is 6.33. The minimum absolute atomic E-state index is 0.134. The van der Waals surface area contributed by atoms with Crippen LogP contribution in [0.3, 0.4) is 0 Å². The molecule has 0 aromatic heterocycles. The second kappa shape index (κ2) is 2.90. The molecule has 1 aliphatic rings. The maximum atomic E-state index is 11.2. The number of nitrogens with zero attached hydrogens (tertiary/aromatic N) is 1. The molecule has 13 heavy (non-hydrogen) atoms. The Hall–Kier alpha value is -1.84. The van der Waals surface area contributed by atoms with Crippen molar-refractivity contribution in [3.63, 3.8) is 0 Å². The maximum Gasteiger partial charge on any atom is 0.204 e. The number of Topliss-reactive ketones (excluding diaryl/α,β-unsaturated/α-hetero) is 1. The molecule has 4 heteroatoms. The summed E-state index contributed by atoms with van der Waals surface area (Å²) >= 11 is 0. The molecule has 1 aromatic carbocycles. The fourth-order valence-electron chi connectivity index (χ4n) is 1.36. The molecule has 1 heterocycles. The lowest BCUT2D eigenvalue weighted by molar-refractivity contribution is -0.111. The van der Waals surface area contributed by atoms with Crippen LogP contribution in [0.15, 0.2) is 29.4 Å². The highest BCUT2D eigenvalue weighted by Gasteiger charge is 2.22. The summed E-state index contributed by atoms with van der Waals surface area (Å²) in [4.78, 5) is 11.2. The van der Waals surface area contributed by atoms with Gasteiger partial charge in [0.05, 0.1) is 6.54 Å². The van der Waals surface area contributed by atoms with Crippen molar-refractivity contribution in [3.8, 4) is 0 Å². The van der Waals surface area contributed by atoms with E-state index in [2.05, 4.69) is 10.5 Å². The van der Waals surface area contributed by atoms with Crippen LogP contribution in [0.5, 0.6) is 0 Å². The summed E-state index contributed by atoms with van der Waals surface area (Å²) in [6.07, 6.45) is 0. The van der Waals surface area contributed by atoms with Gasteiger partial charge in [0.15, 0.2) is 5.71 Å². The van der Waals surface area contributed by atoms with E-state index in [4.69, 9.17) is 5.21 Å². The summed E-state index contributed by atoms with van der Waals surface area (Å²) in [5, 5.41) is 14.6. The Kier molecular flexibility index (Phi) is 1.73. The predicted molar refractivity (Wildman–Crippen MR) is 48.3 cm³/mol. The van der Waals surface area contributed by atoms with Crippen molar-refractivity contribution < 1.29 is 10.0 Å². The number of fused-ring (bicyclic) bond motifs is 1. The van der Waals surface area contributed by atoms with E-state index >= 15 is 0 Å². The number of carbonyl (C=O) groups is 1. The van der Waals surface area contributed by atoms with Gasteiger partial charge in [-0.2, -0.15) is 0 Å². The molecule has 0 amide bonds. The van der Waals surface area contributed by atoms with Crippen LogP contribution >= 0.6 is 0 Å². The summed E-state index contributed by atoms with van der Waals surface area (Å²) < 4.78 is 0. The fraction of sp³-hybridized carbons (Fsp3) is 0.111. The van der Waals surface area contributed by atoms with Crippen molar-refractivity contribution in [2.24, 2.45) is 5.16 Å². The third kappa shape index (κ3) is 1.16. The first-order valence-electron chi connectivity index (χ1n) is 3.91. The quantitative estimate of drug-likeness (QED) is 0.455. The van der Waals surface area contributed by atoms with E-state index in [9.17, 15) is 4.79 Å². The zero-order valence-corrected chi connectivity index (χ0v) is 6.82. The zero-order valence-electron chi connectivity index (χ0n) is 6.82. The van der Waals surface area contributed by atoms with Crippen LogP contribution in [-0.4, -0.2) is 23.2 Å². The third-order valence-electron chi connectivity index (χ3n) is 1.99. The van der Waals surface area contributed by atoms with Gasteiger partial charge in [-0.05, 0) is 6.07 Å². The van der Waals surface area contributed by atoms with Gasteiger partial charge in [-0.3, -0.25) is 4.79 Å². The molecule has 0 saturated carbocycles. The van der Waals surface area contributed by atoms with Crippen LogP contribution in [0.4, 0.5) is 5.69 Å². The van der Waals surface area contributed by atoms with Gasteiger partial charge in [-0.25, -0.2) is 0 Å². The van der Waals surface area contributed by atoms with E-state index in [0.717, 1.165) is 5.69 Å². The number of para-hydroxylation sites is 1. The summed E-state index contributed by atoms with van der Waals surface area (Å²) in [7, 11) is 0. The van der Waals surface area contributed by atoms with Gasteiger partial charge in [0.25, 0.3) is 0 Å². The van der Waals surface area contributed by atoms with E-state index in [1.807, 2.05) is 12.1 Å². The second-order valence-corrected chi connectivity index (χ2v) is 2.77. The highest BCUT2D eigenvalue weighted by molar-refractivity contribution is 6.49. The molecule has 2 rings (SSSR count). The summed E-state index contributed by atoms with van der Waals surface area (Å²) in [5.41, 5.74) is 1.62. The molecule has 4 nitrogen and oxygen atoms in total. The minimum Gasteiger partial charge on any atom is -0.410 e. The SMILES string of the molecule is O=C1CNc2ccccc2/C1=N/O. The molecule has 0 saturated heterocycles. The Balaban J connectivity index is 2.58. The van der Waals surface area contributed by atoms with Crippen molar-refractivity contribution in [2.45, 2.75) is 0 Å². The first-order valence-corrected chi connectivity index (χ1v) is 3.91. The standard InChI is InChI=1S/C9H8N2O2/c12-8-5-10-7-4-2-1-3-6(7)9(8)11-13/h1-4,10,13H,5H2/b11-9-. The molecule has 0 fully saturated rings. The summed E-state index contributed by atoms with van der Waals surface area (Å²) in [6.45, 7) is 0.191. The monoisotopic (exact) mass is 176 g/mol. The number of oxime groups is 1. The average Bonchev–Trinajstić information content (AvgIpc) is 2.18. The van der Waals surface area contributed by atoms with Crippen molar-refractivity contribution in [2.75, 3.05) is 11.9 Å². The molecule has 0 radical (unpaired) electrons. The zero-order chi connectivity index (χ0) is 9.26. The van der Waals surface area contributed by atoms with Crippen molar-refractivity contribution in [1.29, 1.82) is 0 Å². The van der Waals surface area contributed by atoms with Crippen LogP contribution < -0.4 is 5.32 Å². The molecule has 2 N–H and O–H groups in total. The molecule has 0 aliphatic carbocycles. The highest BCUT2D eigenvalue weighted by Crippen LogP contribution is 2.19. The smallest absolute Gasteiger partial charge is 0.204 e. The van der Waals surface area contributed by atoms with Crippen molar-refractivity contribution in [3.05, 3.63) is 29.8 Å². The molecule has 0 spiro atoms. The van der Waals surface area contributed by atoms with Crippen molar-refractivity contribution in [1.82, 2.24) is 0 Å². The number of carbonyl (C=O) groups excluding carboxylic acids is 1. The van der Waals surface area contributed by atoms with Gasteiger partial charge in [0.1, 0.15) is 0 Å². The molecule has 1 aliphatic heterocycles. The fourth-order valence-corrected chi connectivity index (χ4v) is 1.36. The van der Waals surface area contributed by atoms with Gasteiger partial charge in [0, 0.05) is 11.3 Å². The number of rotatable bonds is 0. The Morgan fingerprint density at radius 2 is 2.15 bits per heavy atom. The van der Waals surface area contributed by atoms with Gasteiger partial charge in [-0.15, -0.1) is 0 Å². The molecule has 1 aromatic rings. The van der Waals surface area contributed by atoms with Crippen LogP contribution in [0.1, 0.15) is 5.56 Å². The van der Waals surface area contributed by atoms with E-state index in [-0.39, 0.29) is 18.0 Å². The molecule has 66 valence electrons. The predicted octanol–water partition coefficient (Wildman–Crippen LogP) is 0.859. The van der Waals surface area contributed by atoms with Crippen LogP contribution in [0.25, 0.3) is 0 Å². The lowest BCUT2D eigenvalue weighted by atomic mass is 10.0. The summed E-state index contributed by atoms with van der Waals surface area (Å²) in [5.74, 6) is -0.193. The van der Waals surface area contributed by atoms with Crippen LogP contribution in [0.2, 0.25) is 0 Å². The van der Waals surface area contributed by atoms with Crippen molar-refractivity contribution >= 4 is 17.2 Å². The minimum atomic E-state index is -0.193. The van der Waals surface area contributed by atoms with Gasteiger partial charge < -0.3 is 10.5 Å². The van der Waals surface area contributed by atoms with E-state index in [1.165, 1.54) is 0 Å². The van der Waals surface area contributed by atoms with E-state index in [1.54, 1.807) is 12.1 Å². The van der Waals surface area contributed by atoms with E-state index in [0.29, 0.717) is 5.56 Å². The number of ketones is 1. The lowest BCUT2D eigenvalue weighted by Gasteiger charge is -2.16. The highest BCUT2D eigenvalue weighted by atomic mass is 16.4. The molecular weight excluding hydrogens is 168 g/mol. The Labute approximate surface area is 74.9 Å². The second-order valence-electron chi connectivity index (χ2n) is 2.77. The Morgan fingerprint density at radius 3 is 2.92 bits per heavy atom. The van der Waals surface area contributed by atoms with E-state index < -0.39 is 0 Å². The molecule has 0 atom stereocenters. The molecular formula is C9H8N2O2. The molecule has 0 bridgehead atoms. The average molecular weight is 176 g/mol. The van der Waals surface area contributed by atoms with Crippen LogP contribution in [-0.2, 0) is 4.79 Å². The van der Waals surface area contributed by atoms with Gasteiger partial charge in [0.2, 0.25) is 5.78 Å². The van der Waals surface area contributed by atoms with Gasteiger partial charge in [-0.1, -0.05) is 23.4 Å². The van der Waals surface area contributed by atoms with Crippen LogP contribution in [0, 0.1) is 0 Å². The molecule has 0 unspecified atom stereocenters. The number of anilines is 1. The Bertz CT molecular complexity index is 385. The third-order valence-corrected chi connectivity index (χ3v) is 1.99. The van der Waals surface area contributed by atoms with Gasteiger partial charge >= 0.3 is 0 Å². The Morgan fingerprint density at radius 1 is 1.38 bits per heavy atom.